The van der Waals surface area contributed by atoms with Gasteiger partial charge in [0.05, 0.1) is 5.02 Å². The molecule has 2 N–H and O–H groups in total. The fourth-order valence-corrected chi connectivity index (χ4v) is 2.35. The molecule has 1 heterocycles. The smallest absolute Gasteiger partial charge is 0.253 e. The molecule has 5 nitrogen and oxygen atoms in total. The van der Waals surface area contributed by atoms with Crippen LogP contribution < -0.4 is 15.2 Å². The number of halogens is 2. The van der Waals surface area contributed by atoms with Crippen molar-refractivity contribution in [2.45, 2.75) is 13.8 Å². The molecule has 21 heavy (non-hydrogen) atoms. The summed E-state index contributed by atoms with van der Waals surface area (Å²) >= 11 is 6.09. The quantitative estimate of drug-likeness (QED) is 0.918. The van der Waals surface area contributed by atoms with Crippen LogP contribution in [0.5, 0.6) is 11.5 Å². The second-order valence-corrected chi connectivity index (χ2v) is 6.13. The van der Waals surface area contributed by atoms with Gasteiger partial charge < -0.3 is 20.1 Å². The van der Waals surface area contributed by atoms with E-state index < -0.39 is 0 Å². The third-order valence-electron chi connectivity index (χ3n) is 3.24. The van der Waals surface area contributed by atoms with E-state index in [9.17, 15) is 4.79 Å². The normalized spacial score (nSPS) is 12.8. The van der Waals surface area contributed by atoms with Crippen molar-refractivity contribution >= 4 is 29.9 Å². The molecule has 118 valence electrons. The number of rotatable bonds is 4. The summed E-state index contributed by atoms with van der Waals surface area (Å²) in [5.74, 6) is 0.882. The van der Waals surface area contributed by atoms with Crippen molar-refractivity contribution in [3.05, 3.63) is 22.7 Å². The van der Waals surface area contributed by atoms with E-state index in [1.54, 1.807) is 24.1 Å². The Labute approximate surface area is 135 Å². The molecule has 0 bridgehead atoms. The predicted octanol–water partition coefficient (Wildman–Crippen LogP) is 2.55. The molecule has 0 aliphatic carbocycles. The zero-order valence-corrected chi connectivity index (χ0v) is 13.9. The van der Waals surface area contributed by atoms with Gasteiger partial charge in [0.1, 0.15) is 0 Å². The summed E-state index contributed by atoms with van der Waals surface area (Å²) in [6, 6.07) is 3.26. The third-order valence-corrected chi connectivity index (χ3v) is 3.52. The van der Waals surface area contributed by atoms with Crippen molar-refractivity contribution in [2.24, 2.45) is 11.1 Å². The molecule has 0 fully saturated rings. The van der Waals surface area contributed by atoms with Crippen LogP contribution in [0.3, 0.4) is 0 Å². The van der Waals surface area contributed by atoms with Gasteiger partial charge in [-0.1, -0.05) is 25.4 Å². The van der Waals surface area contributed by atoms with E-state index in [0.29, 0.717) is 35.2 Å². The topological polar surface area (TPSA) is 64.8 Å². The fraction of sp³-hybridized carbons (Fsp3) is 0.500. The molecule has 0 saturated heterocycles. The van der Waals surface area contributed by atoms with E-state index in [1.165, 1.54) is 0 Å². The van der Waals surface area contributed by atoms with Crippen LogP contribution in [0.2, 0.25) is 5.02 Å². The van der Waals surface area contributed by atoms with Gasteiger partial charge in [-0.3, -0.25) is 4.79 Å². The molecular weight excluding hydrogens is 315 g/mol. The number of carbonyl (C=O) groups excluding carboxylic acids is 1. The number of benzene rings is 1. The van der Waals surface area contributed by atoms with Crippen LogP contribution in [0.1, 0.15) is 24.2 Å². The van der Waals surface area contributed by atoms with Crippen LogP contribution in [-0.2, 0) is 0 Å². The van der Waals surface area contributed by atoms with Gasteiger partial charge in [0, 0.05) is 19.2 Å². The van der Waals surface area contributed by atoms with Crippen LogP contribution in [-0.4, -0.2) is 37.7 Å². The average molecular weight is 335 g/mol. The minimum Gasteiger partial charge on any atom is -0.454 e. The minimum absolute atomic E-state index is 0. The Morgan fingerprint density at radius 2 is 2.10 bits per heavy atom. The summed E-state index contributed by atoms with van der Waals surface area (Å²) in [4.78, 5) is 14.1. The zero-order chi connectivity index (χ0) is 14.9. The lowest BCUT2D eigenvalue weighted by Crippen LogP contribution is -2.39. The third kappa shape index (κ3) is 3.93. The molecule has 0 saturated carbocycles. The Kier molecular flexibility index (Phi) is 5.73. The zero-order valence-electron chi connectivity index (χ0n) is 12.3. The number of hydrogen-bond donors (Lipinski definition) is 1. The fourth-order valence-electron chi connectivity index (χ4n) is 2.09. The predicted molar refractivity (Wildman–Crippen MR) is 84.6 cm³/mol. The number of amides is 1. The molecule has 0 atom stereocenters. The van der Waals surface area contributed by atoms with Gasteiger partial charge in [0.15, 0.2) is 11.5 Å². The molecule has 0 radical (unpaired) electrons. The monoisotopic (exact) mass is 334 g/mol. The maximum atomic E-state index is 12.4. The van der Waals surface area contributed by atoms with Crippen LogP contribution in [0.25, 0.3) is 0 Å². The number of carbonyl (C=O) groups is 1. The van der Waals surface area contributed by atoms with Gasteiger partial charge in [-0.2, -0.15) is 0 Å². The first-order valence-corrected chi connectivity index (χ1v) is 6.76. The van der Waals surface area contributed by atoms with Crippen LogP contribution in [0.4, 0.5) is 0 Å². The Morgan fingerprint density at radius 3 is 2.71 bits per heavy atom. The molecule has 7 heteroatoms. The number of ether oxygens (including phenoxy) is 2. The summed E-state index contributed by atoms with van der Waals surface area (Å²) in [5.41, 5.74) is 6.04. The highest BCUT2D eigenvalue weighted by atomic mass is 35.5. The first-order chi connectivity index (χ1) is 9.34. The van der Waals surface area contributed by atoms with Gasteiger partial charge in [0.25, 0.3) is 5.91 Å². The van der Waals surface area contributed by atoms with Crippen LogP contribution in [0.15, 0.2) is 12.1 Å². The number of hydrogen-bond acceptors (Lipinski definition) is 4. The van der Waals surface area contributed by atoms with E-state index >= 15 is 0 Å². The molecule has 1 aromatic rings. The van der Waals surface area contributed by atoms with Gasteiger partial charge in [-0.15, -0.1) is 12.4 Å². The highest BCUT2D eigenvalue weighted by Gasteiger charge is 2.25. The van der Waals surface area contributed by atoms with Gasteiger partial charge in [-0.25, -0.2) is 0 Å². The highest BCUT2D eigenvalue weighted by Crippen LogP contribution is 2.40. The SMILES string of the molecule is CN(CC(C)(C)CN)C(=O)c1cc(Cl)c2c(c1)OCO2.Cl. The number of fused-ring (bicyclic) bond motifs is 1. The largest absolute Gasteiger partial charge is 0.454 e. The summed E-state index contributed by atoms with van der Waals surface area (Å²) in [7, 11) is 1.75. The molecule has 0 spiro atoms. The van der Waals surface area contributed by atoms with Crippen molar-refractivity contribution < 1.29 is 14.3 Å². The second-order valence-electron chi connectivity index (χ2n) is 5.72. The molecule has 1 aliphatic rings. The highest BCUT2D eigenvalue weighted by molar-refractivity contribution is 6.32. The first kappa shape index (κ1) is 17.9. The molecule has 2 rings (SSSR count). The van der Waals surface area contributed by atoms with Crippen molar-refractivity contribution in [1.82, 2.24) is 4.90 Å². The van der Waals surface area contributed by atoms with Crippen molar-refractivity contribution in [2.75, 3.05) is 26.9 Å². The first-order valence-electron chi connectivity index (χ1n) is 6.39. The lowest BCUT2D eigenvalue weighted by Gasteiger charge is -2.29. The number of nitrogens with two attached hydrogens (primary N) is 1. The Morgan fingerprint density at radius 1 is 1.43 bits per heavy atom. The lowest BCUT2D eigenvalue weighted by molar-refractivity contribution is 0.0740. The van der Waals surface area contributed by atoms with Crippen molar-refractivity contribution in [1.29, 1.82) is 0 Å². The molecule has 1 aliphatic heterocycles. The minimum atomic E-state index is -0.134. The average Bonchev–Trinajstić information content (AvgIpc) is 2.86. The van der Waals surface area contributed by atoms with Gasteiger partial charge >= 0.3 is 0 Å². The van der Waals surface area contributed by atoms with E-state index in [4.69, 9.17) is 26.8 Å². The standard InChI is InChI=1S/C14H19ClN2O3.ClH/c1-14(2,6-16)7-17(3)13(18)9-4-10(15)12-11(5-9)19-8-20-12;/h4-5H,6-8,16H2,1-3H3;1H. The van der Waals surface area contributed by atoms with E-state index in [-0.39, 0.29) is 30.5 Å². The lowest BCUT2D eigenvalue weighted by atomic mass is 9.93. The molecule has 1 amide bonds. The molecule has 1 aromatic carbocycles. The number of nitrogens with zero attached hydrogens (tertiary/aromatic N) is 1. The maximum Gasteiger partial charge on any atom is 0.253 e. The Hall–Kier alpha value is -1.17. The van der Waals surface area contributed by atoms with Crippen LogP contribution >= 0.6 is 24.0 Å². The summed E-state index contributed by atoms with van der Waals surface area (Å²) in [6.45, 7) is 5.23. The van der Waals surface area contributed by atoms with E-state index in [2.05, 4.69) is 0 Å². The summed E-state index contributed by atoms with van der Waals surface area (Å²) in [5, 5.41) is 0.384. The molecule has 0 aromatic heterocycles. The molecular formula is C14H20Cl2N2O3. The van der Waals surface area contributed by atoms with E-state index in [1.807, 2.05) is 13.8 Å². The van der Waals surface area contributed by atoms with Crippen molar-refractivity contribution in [3.8, 4) is 11.5 Å². The summed E-state index contributed by atoms with van der Waals surface area (Å²) < 4.78 is 10.5. The second kappa shape index (κ2) is 6.73. The summed E-state index contributed by atoms with van der Waals surface area (Å²) in [6.07, 6.45) is 0. The van der Waals surface area contributed by atoms with Gasteiger partial charge in [0.2, 0.25) is 6.79 Å². The Balaban J connectivity index is 0.00000220. The maximum absolute atomic E-state index is 12.4. The van der Waals surface area contributed by atoms with Crippen molar-refractivity contribution in [3.63, 3.8) is 0 Å². The Bertz CT molecular complexity index is 535. The van der Waals surface area contributed by atoms with Gasteiger partial charge in [-0.05, 0) is 24.1 Å². The van der Waals surface area contributed by atoms with E-state index in [0.717, 1.165) is 0 Å². The molecule has 0 unspecified atom stereocenters. The van der Waals surface area contributed by atoms with Crippen LogP contribution in [0, 0.1) is 5.41 Å².